The molecule has 0 amide bonds. The van der Waals surface area contributed by atoms with Crippen molar-refractivity contribution in [3.8, 4) is 0 Å². The predicted molar refractivity (Wildman–Crippen MR) is 83.6 cm³/mol. The molecule has 21 heavy (non-hydrogen) atoms. The number of nitro groups is 1. The normalized spacial score (nSPS) is 10.2. The Balaban J connectivity index is 2.14. The van der Waals surface area contributed by atoms with Gasteiger partial charge in [-0.2, -0.15) is 0 Å². The van der Waals surface area contributed by atoms with Crippen molar-refractivity contribution in [1.82, 2.24) is 4.98 Å². The van der Waals surface area contributed by atoms with E-state index in [4.69, 9.17) is 0 Å². The molecule has 0 aliphatic heterocycles. The minimum Gasteiger partial charge on any atom is -0.370 e. The highest BCUT2D eigenvalue weighted by atomic mass is 16.6. The zero-order valence-electron chi connectivity index (χ0n) is 12.1. The molecule has 0 fully saturated rings. The highest BCUT2D eigenvalue weighted by Crippen LogP contribution is 2.21. The molecule has 1 heterocycles. The van der Waals surface area contributed by atoms with Gasteiger partial charge in [0.25, 0.3) is 5.69 Å². The fourth-order valence-electron chi connectivity index (χ4n) is 1.88. The van der Waals surface area contributed by atoms with Crippen LogP contribution in [0.15, 0.2) is 36.4 Å². The van der Waals surface area contributed by atoms with Gasteiger partial charge in [0.2, 0.25) is 0 Å². The van der Waals surface area contributed by atoms with E-state index in [0.29, 0.717) is 24.7 Å². The van der Waals surface area contributed by atoms with Crippen LogP contribution in [-0.2, 0) is 6.54 Å². The van der Waals surface area contributed by atoms with Gasteiger partial charge in [0.1, 0.15) is 11.6 Å². The monoisotopic (exact) mass is 286 g/mol. The first-order valence-corrected chi connectivity index (χ1v) is 6.78. The summed E-state index contributed by atoms with van der Waals surface area (Å²) in [6.07, 6.45) is 0. The van der Waals surface area contributed by atoms with Crippen molar-refractivity contribution >= 4 is 17.3 Å². The van der Waals surface area contributed by atoms with E-state index in [1.807, 2.05) is 38.1 Å². The smallest absolute Gasteiger partial charge is 0.276 e. The standard InChI is InChI=1S/C15H18N4O2/c1-3-16-14-8-13(19(20)21)9-15(18-14)17-10-12-6-4-11(2)5-7-12/h4-9H,3,10H2,1-2H3,(H2,16,17,18). The zero-order valence-corrected chi connectivity index (χ0v) is 12.1. The van der Waals surface area contributed by atoms with Crippen LogP contribution in [0.3, 0.4) is 0 Å². The van der Waals surface area contributed by atoms with Gasteiger partial charge in [-0.15, -0.1) is 0 Å². The third-order valence-electron chi connectivity index (χ3n) is 2.97. The molecule has 2 rings (SSSR count). The van der Waals surface area contributed by atoms with Crippen molar-refractivity contribution in [3.63, 3.8) is 0 Å². The van der Waals surface area contributed by atoms with E-state index < -0.39 is 4.92 Å². The quantitative estimate of drug-likeness (QED) is 0.629. The molecule has 0 aliphatic carbocycles. The van der Waals surface area contributed by atoms with Crippen LogP contribution in [0.2, 0.25) is 0 Å². The van der Waals surface area contributed by atoms with Crippen LogP contribution >= 0.6 is 0 Å². The molecule has 6 heteroatoms. The van der Waals surface area contributed by atoms with Crippen molar-refractivity contribution in [2.75, 3.05) is 17.2 Å². The van der Waals surface area contributed by atoms with Gasteiger partial charge in [-0.3, -0.25) is 10.1 Å². The van der Waals surface area contributed by atoms with Crippen molar-refractivity contribution in [1.29, 1.82) is 0 Å². The molecule has 0 radical (unpaired) electrons. The molecule has 0 saturated carbocycles. The number of hydrogen-bond acceptors (Lipinski definition) is 5. The summed E-state index contributed by atoms with van der Waals surface area (Å²) >= 11 is 0. The van der Waals surface area contributed by atoms with E-state index in [-0.39, 0.29) is 5.69 Å². The van der Waals surface area contributed by atoms with E-state index >= 15 is 0 Å². The Labute approximate surface area is 123 Å². The molecule has 0 atom stereocenters. The molecule has 2 aromatic rings. The summed E-state index contributed by atoms with van der Waals surface area (Å²) in [5, 5.41) is 17.1. The number of hydrogen-bond donors (Lipinski definition) is 2. The minimum atomic E-state index is -0.417. The SMILES string of the molecule is CCNc1cc([N+](=O)[O-])cc(NCc2ccc(C)cc2)n1. The van der Waals surface area contributed by atoms with E-state index in [0.717, 1.165) is 5.56 Å². The summed E-state index contributed by atoms with van der Waals surface area (Å²) in [5.74, 6) is 0.985. The van der Waals surface area contributed by atoms with Gasteiger partial charge in [-0.1, -0.05) is 29.8 Å². The predicted octanol–water partition coefficient (Wildman–Crippen LogP) is 3.34. The Bertz CT molecular complexity index is 626. The van der Waals surface area contributed by atoms with Crippen LogP contribution in [0.5, 0.6) is 0 Å². The Hall–Kier alpha value is -2.63. The molecule has 0 saturated heterocycles. The summed E-state index contributed by atoms with van der Waals surface area (Å²) in [5.41, 5.74) is 2.31. The van der Waals surface area contributed by atoms with Crippen LogP contribution in [0.1, 0.15) is 18.1 Å². The highest BCUT2D eigenvalue weighted by Gasteiger charge is 2.10. The molecule has 1 aromatic carbocycles. The number of aryl methyl sites for hydroxylation is 1. The van der Waals surface area contributed by atoms with Gasteiger partial charge < -0.3 is 10.6 Å². The molecular formula is C15H18N4O2. The van der Waals surface area contributed by atoms with Crippen LogP contribution in [0.4, 0.5) is 17.3 Å². The van der Waals surface area contributed by atoms with E-state index in [1.165, 1.54) is 17.7 Å². The van der Waals surface area contributed by atoms with E-state index in [1.54, 1.807) is 0 Å². The van der Waals surface area contributed by atoms with Crippen molar-refractivity contribution < 1.29 is 4.92 Å². The van der Waals surface area contributed by atoms with Gasteiger partial charge >= 0.3 is 0 Å². The number of pyridine rings is 1. The Morgan fingerprint density at radius 2 is 1.76 bits per heavy atom. The van der Waals surface area contributed by atoms with Gasteiger partial charge in [0.05, 0.1) is 17.1 Å². The van der Waals surface area contributed by atoms with Gasteiger partial charge in [-0.05, 0) is 19.4 Å². The maximum atomic E-state index is 10.9. The largest absolute Gasteiger partial charge is 0.370 e. The molecule has 6 nitrogen and oxygen atoms in total. The van der Waals surface area contributed by atoms with Gasteiger partial charge in [-0.25, -0.2) is 4.98 Å². The number of anilines is 2. The first-order valence-electron chi connectivity index (χ1n) is 6.78. The van der Waals surface area contributed by atoms with Crippen molar-refractivity contribution in [2.24, 2.45) is 0 Å². The first kappa shape index (κ1) is 14.8. The summed E-state index contributed by atoms with van der Waals surface area (Å²) < 4.78 is 0. The molecule has 0 bridgehead atoms. The van der Waals surface area contributed by atoms with Crippen LogP contribution in [0, 0.1) is 17.0 Å². The Morgan fingerprint density at radius 3 is 2.33 bits per heavy atom. The summed E-state index contributed by atoms with van der Waals surface area (Å²) in [6.45, 7) is 5.17. The fourth-order valence-corrected chi connectivity index (χ4v) is 1.88. The average Bonchev–Trinajstić information content (AvgIpc) is 2.47. The molecule has 0 aliphatic rings. The number of benzene rings is 1. The second-order valence-corrected chi connectivity index (χ2v) is 4.72. The van der Waals surface area contributed by atoms with Gasteiger partial charge in [0.15, 0.2) is 0 Å². The van der Waals surface area contributed by atoms with E-state index in [9.17, 15) is 10.1 Å². The lowest BCUT2D eigenvalue weighted by Crippen LogP contribution is -2.06. The zero-order chi connectivity index (χ0) is 15.2. The molecular weight excluding hydrogens is 268 g/mol. The lowest BCUT2D eigenvalue weighted by Gasteiger charge is -2.09. The lowest BCUT2D eigenvalue weighted by molar-refractivity contribution is -0.384. The van der Waals surface area contributed by atoms with Crippen LogP contribution in [0.25, 0.3) is 0 Å². The maximum absolute atomic E-state index is 10.9. The first-order chi connectivity index (χ1) is 10.1. The third kappa shape index (κ3) is 4.17. The van der Waals surface area contributed by atoms with Crippen molar-refractivity contribution in [3.05, 3.63) is 57.6 Å². The maximum Gasteiger partial charge on any atom is 0.276 e. The molecule has 2 N–H and O–H groups in total. The molecule has 0 unspecified atom stereocenters. The summed E-state index contributed by atoms with van der Waals surface area (Å²) in [6, 6.07) is 11.0. The molecule has 110 valence electrons. The van der Waals surface area contributed by atoms with Crippen LogP contribution in [-0.4, -0.2) is 16.5 Å². The summed E-state index contributed by atoms with van der Waals surface area (Å²) in [4.78, 5) is 14.8. The number of rotatable bonds is 6. The number of aromatic nitrogens is 1. The fraction of sp³-hybridized carbons (Fsp3) is 0.267. The Morgan fingerprint density at radius 1 is 1.14 bits per heavy atom. The van der Waals surface area contributed by atoms with Gasteiger partial charge in [0, 0.05) is 13.1 Å². The van der Waals surface area contributed by atoms with Crippen molar-refractivity contribution in [2.45, 2.75) is 20.4 Å². The van der Waals surface area contributed by atoms with Crippen LogP contribution < -0.4 is 10.6 Å². The number of nitrogens with one attached hydrogen (secondary N) is 2. The van der Waals surface area contributed by atoms with E-state index in [2.05, 4.69) is 15.6 Å². The highest BCUT2D eigenvalue weighted by molar-refractivity contribution is 5.54. The molecule has 0 spiro atoms. The minimum absolute atomic E-state index is 0.0207. The third-order valence-corrected chi connectivity index (χ3v) is 2.97. The lowest BCUT2D eigenvalue weighted by atomic mass is 10.1. The topological polar surface area (TPSA) is 80.1 Å². The average molecular weight is 286 g/mol. The summed E-state index contributed by atoms with van der Waals surface area (Å²) in [7, 11) is 0. The molecule has 1 aromatic heterocycles. The second-order valence-electron chi connectivity index (χ2n) is 4.72. The second kappa shape index (κ2) is 6.69. The number of nitrogens with zero attached hydrogens (tertiary/aromatic N) is 2. The Kier molecular flexibility index (Phi) is 4.71.